The molecule has 0 saturated carbocycles. The Bertz CT molecular complexity index is 613. The summed E-state index contributed by atoms with van der Waals surface area (Å²) in [5, 5.41) is 3.03. The van der Waals surface area contributed by atoms with Gasteiger partial charge in [-0.15, -0.1) is 11.3 Å². The van der Waals surface area contributed by atoms with Crippen LogP contribution >= 0.6 is 11.3 Å². The molecule has 0 aromatic carbocycles. The Hall–Kier alpha value is -1.86. The monoisotopic (exact) mass is 269 g/mol. The summed E-state index contributed by atoms with van der Waals surface area (Å²) in [4.78, 5) is 11.1. The highest BCUT2D eigenvalue weighted by Crippen LogP contribution is 2.17. The van der Waals surface area contributed by atoms with Crippen molar-refractivity contribution in [1.29, 1.82) is 0 Å². The van der Waals surface area contributed by atoms with E-state index in [0.29, 0.717) is 0 Å². The maximum atomic E-state index is 4.48. The summed E-state index contributed by atoms with van der Waals surface area (Å²) < 4.78 is 0. The average Bonchev–Trinajstić information content (AvgIpc) is 3.08. The predicted octanol–water partition coefficient (Wildman–Crippen LogP) is 2.85. The van der Waals surface area contributed by atoms with E-state index in [1.807, 2.05) is 24.6 Å². The van der Waals surface area contributed by atoms with Crippen molar-refractivity contribution in [2.45, 2.75) is 19.8 Å². The fourth-order valence-electron chi connectivity index (χ4n) is 2.15. The van der Waals surface area contributed by atoms with E-state index >= 15 is 0 Å². The van der Waals surface area contributed by atoms with Crippen LogP contribution in [0.25, 0.3) is 0 Å². The van der Waals surface area contributed by atoms with Gasteiger partial charge in [0.25, 0.3) is 0 Å². The van der Waals surface area contributed by atoms with Crippen molar-refractivity contribution >= 4 is 17.2 Å². The van der Waals surface area contributed by atoms with Crippen LogP contribution in [0.2, 0.25) is 0 Å². The third-order valence-corrected chi connectivity index (χ3v) is 3.91. The second-order valence-electron chi connectivity index (χ2n) is 4.60. The summed E-state index contributed by atoms with van der Waals surface area (Å²) in [5.74, 6) is 7.23. The largest absolute Gasteiger partial charge is 0.357 e. The lowest BCUT2D eigenvalue weighted by molar-refractivity contribution is 0.937. The highest BCUT2D eigenvalue weighted by Gasteiger charge is 2.12. The topological polar surface area (TPSA) is 29.0 Å². The zero-order valence-electron chi connectivity index (χ0n) is 10.9. The molecule has 0 N–H and O–H groups in total. The molecule has 0 aliphatic carbocycles. The lowest BCUT2D eigenvalue weighted by Crippen LogP contribution is -2.18. The minimum absolute atomic E-state index is 0.839. The van der Waals surface area contributed by atoms with E-state index in [4.69, 9.17) is 0 Å². The summed E-state index contributed by atoms with van der Waals surface area (Å²) >= 11 is 1.62. The molecule has 96 valence electrons. The lowest BCUT2D eigenvalue weighted by atomic mass is 10.2. The smallest absolute Gasteiger partial charge is 0.128 e. The van der Waals surface area contributed by atoms with Gasteiger partial charge in [0.15, 0.2) is 0 Å². The van der Waals surface area contributed by atoms with Gasteiger partial charge >= 0.3 is 0 Å². The van der Waals surface area contributed by atoms with Crippen molar-refractivity contribution in [2.75, 3.05) is 18.0 Å². The molecule has 3 rings (SSSR count). The van der Waals surface area contributed by atoms with Crippen molar-refractivity contribution < 1.29 is 0 Å². The van der Waals surface area contributed by atoms with Gasteiger partial charge in [0.2, 0.25) is 0 Å². The molecule has 0 unspecified atom stereocenters. The van der Waals surface area contributed by atoms with Gasteiger partial charge in [-0.2, -0.15) is 0 Å². The Kier molecular flexibility index (Phi) is 3.47. The van der Waals surface area contributed by atoms with Crippen LogP contribution in [-0.2, 0) is 0 Å². The van der Waals surface area contributed by atoms with E-state index < -0.39 is 0 Å². The van der Waals surface area contributed by atoms with Gasteiger partial charge in [0.05, 0.1) is 5.01 Å². The number of hydrogen-bond acceptors (Lipinski definition) is 4. The third-order valence-electron chi connectivity index (χ3n) is 3.13. The lowest BCUT2D eigenvalue weighted by Gasteiger charge is -2.15. The van der Waals surface area contributed by atoms with E-state index in [0.717, 1.165) is 35.2 Å². The van der Waals surface area contributed by atoms with Gasteiger partial charge in [-0.05, 0) is 37.8 Å². The summed E-state index contributed by atoms with van der Waals surface area (Å²) in [7, 11) is 0. The van der Waals surface area contributed by atoms with Crippen LogP contribution < -0.4 is 4.90 Å². The summed E-state index contributed by atoms with van der Waals surface area (Å²) in [5.41, 5.74) is 1.78. The number of hydrogen-bond donors (Lipinski definition) is 0. The van der Waals surface area contributed by atoms with E-state index in [1.165, 1.54) is 12.8 Å². The Labute approximate surface area is 117 Å². The molecule has 0 radical (unpaired) electrons. The molecular formula is C15H15N3S. The standard InChI is InChI=1S/C15H15N3S/c1-12-17-14(11-19-12)6-4-13-5-7-15(16-10-13)18-8-2-3-9-18/h5,7,10-11H,2-3,8-9H2,1H3. The summed E-state index contributed by atoms with van der Waals surface area (Å²) in [6.07, 6.45) is 4.39. The van der Waals surface area contributed by atoms with E-state index in [9.17, 15) is 0 Å². The van der Waals surface area contributed by atoms with Crippen molar-refractivity contribution in [3.05, 3.63) is 40.0 Å². The molecule has 0 spiro atoms. The van der Waals surface area contributed by atoms with Crippen molar-refractivity contribution in [3.8, 4) is 11.8 Å². The van der Waals surface area contributed by atoms with Crippen LogP contribution in [0.15, 0.2) is 23.7 Å². The maximum Gasteiger partial charge on any atom is 0.128 e. The molecule has 1 aliphatic heterocycles. The third kappa shape index (κ3) is 2.94. The zero-order valence-corrected chi connectivity index (χ0v) is 11.7. The van der Waals surface area contributed by atoms with Gasteiger partial charge in [-0.25, -0.2) is 9.97 Å². The van der Waals surface area contributed by atoms with Crippen LogP contribution in [0.1, 0.15) is 29.1 Å². The minimum atomic E-state index is 0.839. The molecule has 19 heavy (non-hydrogen) atoms. The molecule has 1 aliphatic rings. The van der Waals surface area contributed by atoms with Crippen LogP contribution in [0.3, 0.4) is 0 Å². The molecule has 2 aromatic heterocycles. The number of nitrogens with zero attached hydrogens (tertiary/aromatic N) is 3. The Morgan fingerprint density at radius 1 is 1.21 bits per heavy atom. The highest BCUT2D eigenvalue weighted by atomic mass is 32.1. The quantitative estimate of drug-likeness (QED) is 0.745. The van der Waals surface area contributed by atoms with Gasteiger partial charge in [-0.1, -0.05) is 5.92 Å². The number of rotatable bonds is 1. The predicted molar refractivity (Wildman–Crippen MR) is 78.5 cm³/mol. The molecule has 1 saturated heterocycles. The van der Waals surface area contributed by atoms with E-state index in [1.54, 1.807) is 11.3 Å². The van der Waals surface area contributed by atoms with Gasteiger partial charge < -0.3 is 4.90 Å². The normalized spacial score (nSPS) is 14.3. The maximum absolute atomic E-state index is 4.48. The van der Waals surface area contributed by atoms with Crippen LogP contribution in [0.5, 0.6) is 0 Å². The molecule has 3 heterocycles. The molecule has 0 bridgehead atoms. The first-order valence-electron chi connectivity index (χ1n) is 6.46. The van der Waals surface area contributed by atoms with Gasteiger partial charge in [0, 0.05) is 30.2 Å². The number of thiazole rings is 1. The number of pyridine rings is 1. The van der Waals surface area contributed by atoms with Crippen molar-refractivity contribution in [2.24, 2.45) is 0 Å². The van der Waals surface area contributed by atoms with Crippen molar-refractivity contribution in [3.63, 3.8) is 0 Å². The molecular weight excluding hydrogens is 254 g/mol. The first kappa shape index (κ1) is 12.2. The van der Waals surface area contributed by atoms with Crippen molar-refractivity contribution in [1.82, 2.24) is 9.97 Å². The molecule has 1 fully saturated rings. The number of aromatic nitrogens is 2. The van der Waals surface area contributed by atoms with Gasteiger partial charge in [-0.3, -0.25) is 0 Å². The highest BCUT2D eigenvalue weighted by molar-refractivity contribution is 7.09. The SMILES string of the molecule is Cc1nc(C#Cc2ccc(N3CCCC3)nc2)cs1. The first-order chi connectivity index (χ1) is 9.31. The molecule has 3 nitrogen and oxygen atoms in total. The fraction of sp³-hybridized carbons (Fsp3) is 0.333. The molecule has 4 heteroatoms. The second kappa shape index (κ2) is 5.41. The summed E-state index contributed by atoms with van der Waals surface area (Å²) in [6, 6.07) is 4.09. The number of aryl methyl sites for hydroxylation is 1. The number of anilines is 1. The van der Waals surface area contributed by atoms with Crippen LogP contribution in [0, 0.1) is 18.8 Å². The Balaban J connectivity index is 1.74. The summed E-state index contributed by atoms with van der Waals surface area (Å²) in [6.45, 7) is 4.23. The van der Waals surface area contributed by atoms with Crippen LogP contribution in [0.4, 0.5) is 5.82 Å². The Morgan fingerprint density at radius 3 is 2.68 bits per heavy atom. The first-order valence-corrected chi connectivity index (χ1v) is 7.34. The van der Waals surface area contributed by atoms with Crippen LogP contribution in [-0.4, -0.2) is 23.1 Å². The fourth-order valence-corrected chi connectivity index (χ4v) is 2.70. The van der Waals surface area contributed by atoms with E-state index in [-0.39, 0.29) is 0 Å². The van der Waals surface area contributed by atoms with E-state index in [2.05, 4.69) is 32.8 Å². The zero-order chi connectivity index (χ0) is 13.1. The second-order valence-corrected chi connectivity index (χ2v) is 5.66. The van der Waals surface area contributed by atoms with Gasteiger partial charge in [0.1, 0.15) is 11.5 Å². The molecule has 0 amide bonds. The average molecular weight is 269 g/mol. The molecule has 0 atom stereocenters. The Morgan fingerprint density at radius 2 is 2.05 bits per heavy atom. The molecule has 2 aromatic rings. The minimum Gasteiger partial charge on any atom is -0.357 e.